The van der Waals surface area contributed by atoms with Gasteiger partial charge < -0.3 is 15.0 Å². The van der Waals surface area contributed by atoms with E-state index in [0.717, 1.165) is 38.5 Å². The minimum absolute atomic E-state index is 0.0380. The number of methoxy groups -OCH3 is 1. The van der Waals surface area contributed by atoms with E-state index in [1.165, 1.54) is 0 Å². The van der Waals surface area contributed by atoms with Gasteiger partial charge in [-0.2, -0.15) is 0 Å². The molecular weight excluding hydrogens is 244 g/mol. The van der Waals surface area contributed by atoms with Gasteiger partial charge in [-0.3, -0.25) is 9.59 Å². The largest absolute Gasteiger partial charge is 0.385 e. The summed E-state index contributed by atoms with van der Waals surface area (Å²) in [7, 11) is 1.66. The molecule has 2 rings (SSSR count). The van der Waals surface area contributed by atoms with Crippen molar-refractivity contribution in [3.8, 4) is 0 Å². The first kappa shape index (κ1) is 14.3. The number of hydrogen-bond donors (Lipinski definition) is 1. The van der Waals surface area contributed by atoms with E-state index in [1.54, 1.807) is 7.11 Å². The fourth-order valence-corrected chi connectivity index (χ4v) is 3.44. The lowest BCUT2D eigenvalue weighted by atomic mass is 9.77. The first-order valence-electron chi connectivity index (χ1n) is 7.21. The van der Waals surface area contributed by atoms with Gasteiger partial charge in [0.05, 0.1) is 6.54 Å². The van der Waals surface area contributed by atoms with Gasteiger partial charge in [-0.1, -0.05) is 19.3 Å². The topological polar surface area (TPSA) is 58.6 Å². The Morgan fingerprint density at radius 3 is 2.63 bits per heavy atom. The van der Waals surface area contributed by atoms with Gasteiger partial charge >= 0.3 is 0 Å². The highest BCUT2D eigenvalue weighted by molar-refractivity contribution is 5.98. The van der Waals surface area contributed by atoms with Crippen molar-refractivity contribution in [1.29, 1.82) is 0 Å². The van der Waals surface area contributed by atoms with Crippen LogP contribution < -0.4 is 5.32 Å². The molecule has 1 atom stereocenters. The van der Waals surface area contributed by atoms with E-state index in [1.807, 2.05) is 11.8 Å². The van der Waals surface area contributed by atoms with Gasteiger partial charge in [0, 0.05) is 19.8 Å². The summed E-state index contributed by atoms with van der Waals surface area (Å²) in [5.41, 5.74) is -0.596. The molecule has 2 amide bonds. The molecule has 0 aromatic rings. The highest BCUT2D eigenvalue weighted by Crippen LogP contribution is 2.37. The maximum Gasteiger partial charge on any atom is 0.246 e. The standard InChI is InChI=1S/C14H24N2O3/c1-11(6-9-19-2)16-12(17)10-15-13(18)14(16)7-4-3-5-8-14/h11H,3-10H2,1-2H3,(H,15,18). The third-order valence-corrected chi connectivity index (χ3v) is 4.41. The maximum atomic E-state index is 12.4. The van der Waals surface area contributed by atoms with Gasteiger partial charge in [-0.15, -0.1) is 0 Å². The van der Waals surface area contributed by atoms with Crippen LogP contribution in [-0.2, 0) is 14.3 Å². The van der Waals surface area contributed by atoms with Crippen LogP contribution in [0.1, 0.15) is 45.4 Å². The number of carbonyl (C=O) groups excluding carboxylic acids is 2. The molecule has 1 spiro atoms. The minimum Gasteiger partial charge on any atom is -0.385 e. The second-order valence-corrected chi connectivity index (χ2v) is 5.67. The van der Waals surface area contributed by atoms with Crippen LogP contribution in [0.2, 0.25) is 0 Å². The normalized spacial score (nSPS) is 24.4. The highest BCUT2D eigenvalue weighted by Gasteiger charge is 2.50. The Balaban J connectivity index is 2.22. The molecule has 1 saturated heterocycles. The molecular formula is C14H24N2O3. The van der Waals surface area contributed by atoms with E-state index in [9.17, 15) is 9.59 Å². The first-order chi connectivity index (χ1) is 9.12. The lowest BCUT2D eigenvalue weighted by Crippen LogP contribution is -2.69. The van der Waals surface area contributed by atoms with E-state index < -0.39 is 5.54 Å². The Hall–Kier alpha value is -1.10. The second kappa shape index (κ2) is 5.90. The summed E-state index contributed by atoms with van der Waals surface area (Å²) in [5, 5.41) is 2.77. The van der Waals surface area contributed by atoms with Gasteiger partial charge in [0.15, 0.2) is 0 Å². The number of rotatable bonds is 4. The van der Waals surface area contributed by atoms with E-state index >= 15 is 0 Å². The summed E-state index contributed by atoms with van der Waals surface area (Å²) < 4.78 is 5.10. The molecule has 1 aliphatic carbocycles. The van der Waals surface area contributed by atoms with Gasteiger partial charge in [0.1, 0.15) is 5.54 Å². The molecule has 1 aliphatic heterocycles. The molecule has 0 radical (unpaired) electrons. The zero-order valence-corrected chi connectivity index (χ0v) is 11.9. The van der Waals surface area contributed by atoms with Crippen LogP contribution >= 0.6 is 0 Å². The number of amides is 2. The zero-order valence-electron chi connectivity index (χ0n) is 11.9. The minimum atomic E-state index is -0.596. The molecule has 0 aromatic heterocycles. The van der Waals surface area contributed by atoms with Crippen LogP contribution in [0.15, 0.2) is 0 Å². The van der Waals surface area contributed by atoms with E-state index in [4.69, 9.17) is 4.74 Å². The number of nitrogens with zero attached hydrogens (tertiary/aromatic N) is 1. The number of nitrogens with one attached hydrogen (secondary N) is 1. The summed E-state index contributed by atoms with van der Waals surface area (Å²) in [6, 6.07) is 0.0524. The monoisotopic (exact) mass is 268 g/mol. The van der Waals surface area contributed by atoms with Crippen molar-refractivity contribution in [3.05, 3.63) is 0 Å². The SMILES string of the molecule is COCCC(C)N1C(=O)CNC(=O)C12CCCCC2. The van der Waals surface area contributed by atoms with Gasteiger partial charge in [-0.05, 0) is 26.2 Å². The van der Waals surface area contributed by atoms with E-state index in [-0.39, 0.29) is 24.4 Å². The van der Waals surface area contributed by atoms with Gasteiger partial charge in [0.2, 0.25) is 11.8 Å². The van der Waals surface area contributed by atoms with Gasteiger partial charge in [-0.25, -0.2) is 0 Å². The molecule has 5 nitrogen and oxygen atoms in total. The molecule has 0 aromatic carbocycles. The van der Waals surface area contributed by atoms with Crippen LogP contribution in [0.3, 0.4) is 0 Å². The maximum absolute atomic E-state index is 12.4. The van der Waals surface area contributed by atoms with E-state index in [0.29, 0.717) is 6.61 Å². The molecule has 2 fully saturated rings. The Labute approximate surface area is 114 Å². The lowest BCUT2D eigenvalue weighted by Gasteiger charge is -2.50. The van der Waals surface area contributed by atoms with Crippen molar-refractivity contribution in [2.24, 2.45) is 0 Å². The first-order valence-corrected chi connectivity index (χ1v) is 7.21. The summed E-state index contributed by atoms with van der Waals surface area (Å²) in [4.78, 5) is 26.5. The van der Waals surface area contributed by atoms with Crippen LogP contribution in [0, 0.1) is 0 Å². The predicted octanol–water partition coefficient (Wildman–Crippen LogP) is 1.07. The highest BCUT2D eigenvalue weighted by atomic mass is 16.5. The fraction of sp³-hybridized carbons (Fsp3) is 0.857. The van der Waals surface area contributed by atoms with Gasteiger partial charge in [0.25, 0.3) is 0 Å². The van der Waals surface area contributed by atoms with Crippen molar-refractivity contribution in [2.75, 3.05) is 20.3 Å². The predicted molar refractivity (Wildman–Crippen MR) is 71.6 cm³/mol. The smallest absolute Gasteiger partial charge is 0.246 e. The van der Waals surface area contributed by atoms with Crippen LogP contribution in [0.5, 0.6) is 0 Å². The average Bonchev–Trinajstić information content (AvgIpc) is 2.42. The Bertz CT molecular complexity index is 351. The molecule has 1 heterocycles. The van der Waals surface area contributed by atoms with Crippen LogP contribution in [-0.4, -0.2) is 48.6 Å². The molecule has 108 valence electrons. The zero-order chi connectivity index (χ0) is 13.9. The van der Waals surface area contributed by atoms with Crippen molar-refractivity contribution >= 4 is 11.8 Å². The average molecular weight is 268 g/mol. The second-order valence-electron chi connectivity index (χ2n) is 5.67. The molecule has 19 heavy (non-hydrogen) atoms. The van der Waals surface area contributed by atoms with Crippen molar-refractivity contribution in [2.45, 2.75) is 57.0 Å². The number of carbonyl (C=O) groups is 2. The summed E-state index contributed by atoms with van der Waals surface area (Å²) in [6.07, 6.45) is 5.56. The number of piperazine rings is 1. The number of ether oxygens (including phenoxy) is 1. The summed E-state index contributed by atoms with van der Waals surface area (Å²) in [6.45, 7) is 2.77. The van der Waals surface area contributed by atoms with Crippen LogP contribution in [0.4, 0.5) is 0 Å². The number of hydrogen-bond acceptors (Lipinski definition) is 3. The third kappa shape index (κ3) is 2.61. The quantitative estimate of drug-likeness (QED) is 0.830. The van der Waals surface area contributed by atoms with E-state index in [2.05, 4.69) is 5.32 Å². The molecule has 0 bridgehead atoms. The lowest BCUT2D eigenvalue weighted by molar-refractivity contribution is -0.160. The van der Waals surface area contributed by atoms with Crippen molar-refractivity contribution in [1.82, 2.24) is 10.2 Å². The van der Waals surface area contributed by atoms with Crippen LogP contribution in [0.25, 0.3) is 0 Å². The summed E-state index contributed by atoms with van der Waals surface area (Å²) >= 11 is 0. The Kier molecular flexibility index (Phi) is 4.45. The molecule has 1 N–H and O–H groups in total. The van der Waals surface area contributed by atoms with Crippen molar-refractivity contribution < 1.29 is 14.3 Å². The summed E-state index contributed by atoms with van der Waals surface area (Å²) in [5.74, 6) is 0.0844. The molecule has 1 saturated carbocycles. The fourth-order valence-electron chi connectivity index (χ4n) is 3.44. The Morgan fingerprint density at radius 2 is 2.00 bits per heavy atom. The molecule has 5 heteroatoms. The molecule has 2 aliphatic rings. The van der Waals surface area contributed by atoms with Crippen molar-refractivity contribution in [3.63, 3.8) is 0 Å². The third-order valence-electron chi connectivity index (χ3n) is 4.41. The molecule has 1 unspecified atom stereocenters. The Morgan fingerprint density at radius 1 is 1.32 bits per heavy atom.